The lowest BCUT2D eigenvalue weighted by molar-refractivity contribution is 0.391. The van der Waals surface area contributed by atoms with Gasteiger partial charge in [-0.2, -0.15) is 0 Å². The van der Waals surface area contributed by atoms with Gasteiger partial charge in [-0.15, -0.1) is 0 Å². The number of anilines is 2. The van der Waals surface area contributed by atoms with Gasteiger partial charge in [-0.25, -0.2) is 4.98 Å². The maximum absolute atomic E-state index is 5.86. The molecule has 0 unspecified atom stereocenters. The fourth-order valence-electron chi connectivity index (χ4n) is 1.56. The van der Waals surface area contributed by atoms with Crippen LogP contribution in [0, 0.1) is 0 Å². The smallest absolute Gasteiger partial charge is 0.186 e. The summed E-state index contributed by atoms with van der Waals surface area (Å²) in [4.78, 5) is 4.10. The number of nitrogens with zero attached hydrogens (tertiary/aromatic N) is 1. The lowest BCUT2D eigenvalue weighted by Crippen LogP contribution is -2.02. The van der Waals surface area contributed by atoms with E-state index in [0.29, 0.717) is 21.8 Å². The summed E-state index contributed by atoms with van der Waals surface area (Å²) >= 11 is 7.17. The highest BCUT2D eigenvalue weighted by molar-refractivity contribution is 7.20. The number of ether oxygens (including phenoxy) is 2. The van der Waals surface area contributed by atoms with Crippen LogP contribution in [0.3, 0.4) is 0 Å². The Labute approximate surface area is 120 Å². The molecule has 3 N–H and O–H groups in total. The molecule has 0 saturated carbocycles. The van der Waals surface area contributed by atoms with Gasteiger partial charge >= 0.3 is 0 Å². The molecule has 7 heteroatoms. The summed E-state index contributed by atoms with van der Waals surface area (Å²) in [5, 5.41) is 3.84. The van der Waals surface area contributed by atoms with E-state index in [1.807, 2.05) is 18.2 Å². The summed E-state index contributed by atoms with van der Waals surface area (Å²) in [7, 11) is 3.24. The highest BCUT2D eigenvalue weighted by Gasteiger charge is 2.08. The van der Waals surface area contributed by atoms with Crippen LogP contribution >= 0.6 is 22.9 Å². The molecule has 2 aromatic rings. The largest absolute Gasteiger partial charge is 0.497 e. The normalized spacial score (nSPS) is 10.3. The molecule has 0 atom stereocenters. The summed E-state index contributed by atoms with van der Waals surface area (Å²) in [5.74, 6) is 1.85. The average molecular weight is 300 g/mol. The Hall–Kier alpha value is -1.66. The van der Waals surface area contributed by atoms with E-state index in [1.165, 1.54) is 11.3 Å². The van der Waals surface area contributed by atoms with Gasteiger partial charge in [-0.05, 0) is 12.1 Å². The molecule has 5 nitrogen and oxygen atoms in total. The van der Waals surface area contributed by atoms with Crippen LogP contribution in [-0.4, -0.2) is 19.2 Å². The fourth-order valence-corrected chi connectivity index (χ4v) is 2.43. The first-order valence-corrected chi connectivity index (χ1v) is 6.70. The van der Waals surface area contributed by atoms with Gasteiger partial charge in [0.2, 0.25) is 0 Å². The minimum Gasteiger partial charge on any atom is -0.497 e. The van der Waals surface area contributed by atoms with Gasteiger partial charge in [0, 0.05) is 18.2 Å². The predicted octanol–water partition coefficient (Wildman–Crippen LogP) is 3.01. The molecule has 0 fully saturated rings. The van der Waals surface area contributed by atoms with Gasteiger partial charge in [0.1, 0.15) is 15.8 Å². The highest BCUT2D eigenvalue weighted by atomic mass is 35.5. The Morgan fingerprint density at radius 3 is 2.74 bits per heavy atom. The lowest BCUT2D eigenvalue weighted by atomic mass is 10.2. The number of nitrogens with two attached hydrogens (primary N) is 1. The van der Waals surface area contributed by atoms with Gasteiger partial charge in [0.25, 0.3) is 0 Å². The quantitative estimate of drug-likeness (QED) is 0.888. The first-order chi connectivity index (χ1) is 9.13. The number of nitrogen functional groups attached to an aromatic ring is 1. The van der Waals surface area contributed by atoms with Crippen LogP contribution < -0.4 is 20.5 Å². The Balaban J connectivity index is 2.10. The summed E-state index contributed by atoms with van der Waals surface area (Å²) in [6, 6.07) is 5.65. The van der Waals surface area contributed by atoms with E-state index in [-0.39, 0.29) is 0 Å². The number of halogens is 1. The van der Waals surface area contributed by atoms with E-state index in [1.54, 1.807) is 14.2 Å². The van der Waals surface area contributed by atoms with Gasteiger partial charge in [-0.3, -0.25) is 0 Å². The molecular weight excluding hydrogens is 286 g/mol. The van der Waals surface area contributed by atoms with Crippen molar-refractivity contribution in [3.05, 3.63) is 28.1 Å². The second kappa shape index (κ2) is 5.99. The van der Waals surface area contributed by atoms with Crippen LogP contribution in [0.4, 0.5) is 10.9 Å². The van der Waals surface area contributed by atoms with E-state index in [4.69, 9.17) is 26.8 Å². The zero-order chi connectivity index (χ0) is 13.8. The number of rotatable bonds is 5. The van der Waals surface area contributed by atoms with Crippen LogP contribution in [0.2, 0.25) is 4.34 Å². The van der Waals surface area contributed by atoms with Gasteiger partial charge in [0.05, 0.1) is 14.2 Å². The highest BCUT2D eigenvalue weighted by Crippen LogP contribution is 2.31. The molecule has 1 heterocycles. The van der Waals surface area contributed by atoms with Crippen molar-refractivity contribution in [3.63, 3.8) is 0 Å². The third-order valence-electron chi connectivity index (χ3n) is 2.53. The minimum atomic E-state index is 0.343. The van der Waals surface area contributed by atoms with E-state index in [2.05, 4.69) is 10.3 Å². The zero-order valence-corrected chi connectivity index (χ0v) is 12.1. The number of methoxy groups -OCH3 is 2. The number of hydrogen-bond donors (Lipinski definition) is 2. The third kappa shape index (κ3) is 3.21. The van der Waals surface area contributed by atoms with Crippen molar-refractivity contribution in [2.24, 2.45) is 0 Å². The Bertz CT molecular complexity index is 555. The predicted molar refractivity (Wildman–Crippen MR) is 78.4 cm³/mol. The maximum atomic E-state index is 5.86. The molecule has 19 heavy (non-hydrogen) atoms. The Kier molecular flexibility index (Phi) is 4.34. The molecule has 0 aliphatic heterocycles. The minimum absolute atomic E-state index is 0.343. The summed E-state index contributed by atoms with van der Waals surface area (Å²) < 4.78 is 11.0. The SMILES string of the molecule is COc1ccc(CNc2nc(N)c(Cl)s2)c(OC)c1. The summed E-state index contributed by atoms with van der Waals surface area (Å²) in [5.41, 5.74) is 6.58. The summed E-state index contributed by atoms with van der Waals surface area (Å²) in [6.07, 6.45) is 0. The molecule has 0 aliphatic carbocycles. The second-order valence-electron chi connectivity index (χ2n) is 3.71. The van der Waals surface area contributed by atoms with Crippen molar-refractivity contribution in [2.75, 3.05) is 25.3 Å². The van der Waals surface area contributed by atoms with E-state index < -0.39 is 0 Å². The van der Waals surface area contributed by atoms with Crippen molar-refractivity contribution < 1.29 is 9.47 Å². The Morgan fingerprint density at radius 1 is 1.37 bits per heavy atom. The van der Waals surface area contributed by atoms with Crippen LogP contribution in [0.1, 0.15) is 5.56 Å². The van der Waals surface area contributed by atoms with Gasteiger partial charge in [0.15, 0.2) is 10.9 Å². The monoisotopic (exact) mass is 299 g/mol. The van der Waals surface area contributed by atoms with Crippen LogP contribution in [0.5, 0.6) is 11.5 Å². The lowest BCUT2D eigenvalue weighted by Gasteiger charge is -2.10. The van der Waals surface area contributed by atoms with Crippen molar-refractivity contribution in [1.82, 2.24) is 4.98 Å². The van der Waals surface area contributed by atoms with Crippen molar-refractivity contribution >= 4 is 33.9 Å². The van der Waals surface area contributed by atoms with Crippen LogP contribution in [0.15, 0.2) is 18.2 Å². The molecule has 0 spiro atoms. The van der Waals surface area contributed by atoms with Crippen molar-refractivity contribution in [2.45, 2.75) is 6.54 Å². The van der Waals surface area contributed by atoms with Crippen LogP contribution in [0.25, 0.3) is 0 Å². The first-order valence-electron chi connectivity index (χ1n) is 5.50. The topological polar surface area (TPSA) is 69.4 Å². The van der Waals surface area contributed by atoms with E-state index >= 15 is 0 Å². The van der Waals surface area contributed by atoms with Gasteiger partial charge in [-0.1, -0.05) is 22.9 Å². The molecule has 1 aromatic carbocycles. The molecule has 0 aliphatic rings. The van der Waals surface area contributed by atoms with E-state index in [0.717, 1.165) is 17.1 Å². The standard InChI is InChI=1S/C12H14ClN3O2S/c1-17-8-4-3-7(9(5-8)18-2)6-15-12-16-11(14)10(13)19-12/h3-5H,6,14H2,1-2H3,(H,15,16). The molecule has 2 rings (SSSR count). The number of hydrogen-bond acceptors (Lipinski definition) is 6. The molecule has 0 amide bonds. The zero-order valence-electron chi connectivity index (χ0n) is 10.6. The molecule has 0 saturated heterocycles. The first kappa shape index (κ1) is 13.8. The van der Waals surface area contributed by atoms with Crippen molar-refractivity contribution in [3.8, 4) is 11.5 Å². The summed E-state index contributed by atoms with van der Waals surface area (Å²) in [6.45, 7) is 0.566. The number of thiazole rings is 1. The van der Waals surface area contributed by atoms with E-state index in [9.17, 15) is 0 Å². The molecule has 1 aromatic heterocycles. The number of nitrogens with one attached hydrogen (secondary N) is 1. The number of aromatic nitrogens is 1. The second-order valence-corrected chi connectivity index (χ2v) is 5.31. The molecule has 0 radical (unpaired) electrons. The third-order valence-corrected chi connectivity index (χ3v) is 3.78. The Morgan fingerprint density at radius 2 is 2.16 bits per heavy atom. The molecule has 0 bridgehead atoms. The molecule has 102 valence electrons. The van der Waals surface area contributed by atoms with Crippen molar-refractivity contribution in [1.29, 1.82) is 0 Å². The average Bonchev–Trinajstić information content (AvgIpc) is 2.75. The number of benzene rings is 1. The fraction of sp³-hybridized carbons (Fsp3) is 0.250. The molecular formula is C12H14ClN3O2S. The van der Waals surface area contributed by atoms with Crippen LogP contribution in [-0.2, 0) is 6.54 Å². The van der Waals surface area contributed by atoms with Gasteiger partial charge < -0.3 is 20.5 Å². The maximum Gasteiger partial charge on any atom is 0.186 e.